The molecule has 21 heteroatoms. The van der Waals surface area contributed by atoms with Crippen LogP contribution in [0.3, 0.4) is 0 Å². The van der Waals surface area contributed by atoms with Crippen LogP contribution in [-0.2, 0) is 20.7 Å². The Hall–Kier alpha value is -7.49. The third-order valence-electron chi connectivity index (χ3n) is 17.2. The van der Waals surface area contributed by atoms with Crippen LogP contribution in [0.4, 0.5) is 20.8 Å². The minimum absolute atomic E-state index is 0.00453. The van der Waals surface area contributed by atoms with Gasteiger partial charge in [-0.1, -0.05) is 68.4 Å². The van der Waals surface area contributed by atoms with E-state index >= 15 is 4.39 Å². The van der Waals surface area contributed by atoms with Gasteiger partial charge in [0.1, 0.15) is 46.9 Å². The Bertz CT molecular complexity index is 3550. The lowest BCUT2D eigenvalue weighted by molar-refractivity contribution is -0.141. The molecule has 84 heavy (non-hydrogen) atoms. The number of nitrogens with zero attached hydrogens (tertiary/aromatic N) is 10. The lowest BCUT2D eigenvalue weighted by atomic mass is 9.91. The Morgan fingerprint density at radius 2 is 1.70 bits per heavy atom. The number of piperidine rings is 1. The highest BCUT2D eigenvalue weighted by molar-refractivity contribution is 7.13. The average molecular weight is 1170 g/mol. The summed E-state index contributed by atoms with van der Waals surface area (Å²) in [6.45, 7) is 18.6. The molecule has 4 aliphatic rings. The van der Waals surface area contributed by atoms with Crippen LogP contribution in [0.15, 0.2) is 76.9 Å². The van der Waals surface area contributed by atoms with Gasteiger partial charge in [-0.2, -0.15) is 9.97 Å². The molecule has 3 amide bonds. The number of carbonyl (C=O) groups is 3. The van der Waals surface area contributed by atoms with Gasteiger partial charge < -0.3 is 44.2 Å². The molecule has 4 aromatic heterocycles. The number of likely N-dealkylation sites (tertiary alicyclic amines) is 2. The largest absolute Gasteiger partial charge is 0.508 e. The number of carbonyl (C=O) groups excluding carboxylic acids is 3. The predicted octanol–water partition coefficient (Wildman–Crippen LogP) is 9.82. The Balaban J connectivity index is 0.748. The number of phenols is 1. The normalized spacial score (nSPS) is 20.3. The van der Waals surface area contributed by atoms with Gasteiger partial charge >= 0.3 is 12.1 Å². The summed E-state index contributed by atoms with van der Waals surface area (Å²) < 4.78 is 35.6. The number of β-amino-alcohol motifs (C(OH)–C–C–N with tert-alkyl or cyclic N) is 1. The maximum absolute atomic E-state index is 17.4. The fraction of sp³-hybridized carbons (Fsp3) is 0.492. The fourth-order valence-corrected chi connectivity index (χ4v) is 13.7. The second kappa shape index (κ2) is 23.9. The molecule has 4 saturated heterocycles. The molecule has 0 spiro atoms. The van der Waals surface area contributed by atoms with Gasteiger partial charge in [-0.05, 0) is 112 Å². The molecule has 3 aromatic carbocycles. The van der Waals surface area contributed by atoms with E-state index in [0.717, 1.165) is 76.8 Å². The van der Waals surface area contributed by atoms with Crippen molar-refractivity contribution in [2.45, 2.75) is 142 Å². The van der Waals surface area contributed by atoms with Gasteiger partial charge in [0.15, 0.2) is 17.4 Å². The molecular formula is C63H76FN11O8S. The lowest BCUT2D eigenvalue weighted by Gasteiger charge is -2.42. The van der Waals surface area contributed by atoms with Crippen molar-refractivity contribution in [3.05, 3.63) is 101 Å². The van der Waals surface area contributed by atoms with Crippen molar-refractivity contribution in [3.63, 3.8) is 0 Å². The van der Waals surface area contributed by atoms with Crippen molar-refractivity contribution in [1.29, 1.82) is 0 Å². The molecule has 0 saturated carbocycles. The minimum Gasteiger partial charge on any atom is -0.508 e. The summed E-state index contributed by atoms with van der Waals surface area (Å²) in [5.74, 6) is -0.750. The molecule has 2 bridgehead atoms. The lowest BCUT2D eigenvalue weighted by Crippen LogP contribution is -2.57. The summed E-state index contributed by atoms with van der Waals surface area (Å²) in [4.78, 5) is 71.6. The van der Waals surface area contributed by atoms with Crippen molar-refractivity contribution in [1.82, 2.24) is 45.1 Å². The van der Waals surface area contributed by atoms with Crippen LogP contribution in [0.1, 0.15) is 115 Å². The summed E-state index contributed by atoms with van der Waals surface area (Å²) in [5.41, 5.74) is 5.68. The number of aliphatic hydroxyl groups is 1. The molecular weight excluding hydrogens is 1090 g/mol. The SMILES string of the molecule is CCc1cccc2cc(O)cc(-c3ncc4c(N5C[C@H]6CC[C@@H](C5)N6C(=O)OC(C)(C)C)nc(OCCN5CCC(N(C)c6cc([C@H](C(=O)N7C[C@H](O)C[C@H]7C(=O)N[C@@H](C)c7ccc(-c8scnc8C)cc7)C(C)C)on6)CC5)nc4c3F)c12. The van der Waals surface area contributed by atoms with E-state index in [2.05, 4.69) is 30.2 Å². The van der Waals surface area contributed by atoms with Gasteiger partial charge in [0, 0.05) is 76.6 Å². The van der Waals surface area contributed by atoms with Crippen molar-refractivity contribution in [2.24, 2.45) is 5.92 Å². The highest BCUT2D eigenvalue weighted by Crippen LogP contribution is 2.41. The number of aryl methyl sites for hydroxylation is 2. The third kappa shape index (κ3) is 11.8. The monoisotopic (exact) mass is 1170 g/mol. The molecule has 0 radical (unpaired) electrons. The molecule has 8 heterocycles. The standard InChI is InChI=1S/C63H76FN11O8S/c1-10-38-12-11-13-41-26-45(76)27-47(53(38)41)55-54(64)56-48(30-65-55)58(73-31-43-18-19-44(32-73)75(43)62(80)82-63(6,7)8)69-61(68-56)81-25-24-72-22-20-42(21-23-72)71(9)51-29-50(83-70-51)52(35(2)3)60(79)74-33-46(77)28-49(74)59(78)67-36(4)39-14-16-40(17-15-39)57-37(5)66-34-84-57/h11-17,26-27,29-30,34-36,42-44,46,49,52,76-77H,10,18-25,28,31-33H2,1-9H3,(H,67,78)/t36-,43-,44+,46+,49-,52+/m0/s1. The smallest absolute Gasteiger partial charge is 0.410 e. The Kier molecular flexibility index (Phi) is 16.6. The van der Waals surface area contributed by atoms with Crippen LogP contribution in [0.2, 0.25) is 0 Å². The van der Waals surface area contributed by atoms with E-state index in [1.807, 2.05) is 121 Å². The van der Waals surface area contributed by atoms with E-state index in [-0.39, 0.29) is 90.5 Å². The van der Waals surface area contributed by atoms with Gasteiger partial charge in [-0.25, -0.2) is 14.2 Å². The molecule has 7 aromatic rings. The zero-order valence-corrected chi connectivity index (χ0v) is 50.2. The maximum Gasteiger partial charge on any atom is 0.410 e. The van der Waals surface area contributed by atoms with Gasteiger partial charge in [0.25, 0.3) is 0 Å². The molecule has 4 aliphatic heterocycles. The number of aliphatic hydroxyl groups excluding tert-OH is 1. The number of piperazine rings is 1. The van der Waals surface area contributed by atoms with Gasteiger partial charge in [-0.15, -0.1) is 11.3 Å². The quantitative estimate of drug-likeness (QED) is 0.0821. The number of benzene rings is 3. The summed E-state index contributed by atoms with van der Waals surface area (Å²) >= 11 is 1.58. The van der Waals surface area contributed by atoms with Crippen molar-refractivity contribution in [2.75, 3.05) is 62.7 Å². The van der Waals surface area contributed by atoms with Crippen LogP contribution < -0.4 is 19.9 Å². The molecule has 6 atom stereocenters. The number of nitrogens with one attached hydrogen (secondary N) is 1. The first-order valence-electron chi connectivity index (χ1n) is 29.4. The highest BCUT2D eigenvalue weighted by Gasteiger charge is 2.46. The molecule has 0 aliphatic carbocycles. The summed E-state index contributed by atoms with van der Waals surface area (Å²) in [5, 5.41) is 31.3. The van der Waals surface area contributed by atoms with Crippen LogP contribution in [0.25, 0.3) is 43.4 Å². The third-order valence-corrected chi connectivity index (χ3v) is 18.2. The van der Waals surface area contributed by atoms with Crippen LogP contribution >= 0.6 is 11.3 Å². The Labute approximate surface area is 493 Å². The van der Waals surface area contributed by atoms with Crippen LogP contribution in [-0.4, -0.2) is 157 Å². The predicted molar refractivity (Wildman–Crippen MR) is 321 cm³/mol. The molecule has 19 nitrogen and oxygen atoms in total. The number of ether oxygens (including phenoxy) is 2. The average Bonchev–Trinajstić information content (AvgIpc) is 1.35. The van der Waals surface area contributed by atoms with Crippen LogP contribution in [0, 0.1) is 18.7 Å². The summed E-state index contributed by atoms with van der Waals surface area (Å²) in [6, 6.07) is 17.6. The molecule has 444 valence electrons. The second-order valence-electron chi connectivity index (χ2n) is 24.4. The first kappa shape index (κ1) is 58.3. The number of hydrogen-bond acceptors (Lipinski definition) is 17. The number of anilines is 2. The fourth-order valence-electron chi connectivity index (χ4n) is 12.9. The maximum atomic E-state index is 17.4. The first-order chi connectivity index (χ1) is 40.2. The van der Waals surface area contributed by atoms with E-state index in [1.54, 1.807) is 29.7 Å². The number of thiazole rings is 1. The first-order valence-corrected chi connectivity index (χ1v) is 30.3. The molecule has 4 fully saturated rings. The van der Waals surface area contributed by atoms with Crippen molar-refractivity contribution < 1.29 is 43.0 Å². The number of pyridine rings is 1. The minimum atomic E-state index is -0.857. The topological polar surface area (TPSA) is 216 Å². The van der Waals surface area contributed by atoms with E-state index in [4.69, 9.17) is 28.9 Å². The number of rotatable bonds is 16. The molecule has 0 unspecified atom stereocenters. The second-order valence-corrected chi connectivity index (χ2v) is 25.3. The van der Waals surface area contributed by atoms with E-state index in [1.165, 1.54) is 4.90 Å². The number of phenolic OH excluding ortho intramolecular Hbond substituents is 1. The molecule has 3 N–H and O–H groups in total. The highest BCUT2D eigenvalue weighted by atomic mass is 32.1. The molecule has 11 rings (SSSR count). The van der Waals surface area contributed by atoms with Gasteiger partial charge in [-0.3, -0.25) is 24.4 Å². The van der Waals surface area contributed by atoms with Gasteiger partial charge in [0.05, 0.1) is 45.7 Å². The number of fused-ring (bicyclic) bond motifs is 4. The van der Waals surface area contributed by atoms with Crippen molar-refractivity contribution >= 4 is 62.6 Å². The summed E-state index contributed by atoms with van der Waals surface area (Å²) in [6.07, 6.45) is 4.43. The number of hydrogen-bond donors (Lipinski definition) is 3. The van der Waals surface area contributed by atoms with E-state index in [9.17, 15) is 24.6 Å². The Morgan fingerprint density at radius 1 is 0.964 bits per heavy atom. The summed E-state index contributed by atoms with van der Waals surface area (Å²) in [7, 11) is 1.98. The van der Waals surface area contributed by atoms with Crippen LogP contribution in [0.5, 0.6) is 11.8 Å². The zero-order chi connectivity index (χ0) is 59.3. The number of amides is 3. The van der Waals surface area contributed by atoms with Crippen molar-refractivity contribution in [3.8, 4) is 33.5 Å². The number of aromatic nitrogens is 5. The van der Waals surface area contributed by atoms with E-state index < -0.39 is 29.5 Å². The van der Waals surface area contributed by atoms with Gasteiger partial charge in [0.2, 0.25) is 11.8 Å². The number of halogens is 1. The zero-order valence-electron chi connectivity index (χ0n) is 49.3. The van der Waals surface area contributed by atoms with E-state index in [0.29, 0.717) is 54.4 Å². The Morgan fingerprint density at radius 3 is 2.38 bits per heavy atom. The number of aromatic hydroxyl groups is 1.